The third kappa shape index (κ3) is 3.65. The molecule has 3 N–H and O–H groups in total. The zero-order valence-corrected chi connectivity index (χ0v) is 18.1. The molecule has 29 heavy (non-hydrogen) atoms. The van der Waals surface area contributed by atoms with E-state index in [9.17, 15) is 23.2 Å². The van der Waals surface area contributed by atoms with Crippen LogP contribution in [0.15, 0.2) is 54.6 Å². The number of hydrogen-bond donors (Lipinski definition) is 3. The first kappa shape index (κ1) is 22.0. The fourth-order valence-electron chi connectivity index (χ4n) is 3.24. The second kappa shape index (κ2) is 7.87. The Labute approximate surface area is 186 Å². The molecule has 0 amide bonds. The van der Waals surface area contributed by atoms with Gasteiger partial charge in [0.1, 0.15) is 11.5 Å². The molecular formula is C19H12Cl4O5S. The molecule has 0 bridgehead atoms. The largest absolute Gasteiger partial charge is 0.507 e. The number of rotatable bonds is 4. The molecule has 0 saturated heterocycles. The van der Waals surface area contributed by atoms with Crippen LogP contribution in [0.1, 0.15) is 16.7 Å². The minimum absolute atomic E-state index is 0.0884. The molecule has 0 atom stereocenters. The number of hydrogen-bond acceptors (Lipinski definition) is 4. The molecule has 152 valence electrons. The molecule has 5 nitrogen and oxygen atoms in total. The summed E-state index contributed by atoms with van der Waals surface area (Å²) in [4.78, 5) is 0. The zero-order chi connectivity index (χ0) is 21.6. The van der Waals surface area contributed by atoms with Crippen LogP contribution in [0.5, 0.6) is 11.5 Å². The molecular weight excluding hydrogens is 482 g/mol. The predicted molar refractivity (Wildman–Crippen MR) is 114 cm³/mol. The van der Waals surface area contributed by atoms with E-state index in [4.69, 9.17) is 46.4 Å². The van der Waals surface area contributed by atoms with Crippen LogP contribution in [0.25, 0.3) is 0 Å². The number of aromatic hydroxyl groups is 2. The van der Waals surface area contributed by atoms with Crippen LogP contribution in [0, 0.1) is 0 Å². The molecule has 0 aliphatic rings. The number of benzene rings is 3. The van der Waals surface area contributed by atoms with Gasteiger partial charge in [-0.15, -0.1) is 0 Å². The Balaban J connectivity index is 2.70. The standard InChI is InChI=1S/C19H12Cl4O5S/c20-10-4-6-14(22)12(8-10)19(29(26,27)28,13-9-11(21)5-7-15(13)23)18-16(24)2-1-3-17(18)25/h1-9,24-25H,(H,26,27,28). The van der Waals surface area contributed by atoms with Crippen LogP contribution in [0.4, 0.5) is 0 Å². The Morgan fingerprint density at radius 3 is 1.52 bits per heavy atom. The molecule has 0 aliphatic heterocycles. The smallest absolute Gasteiger partial charge is 0.283 e. The van der Waals surface area contributed by atoms with Gasteiger partial charge >= 0.3 is 0 Å². The van der Waals surface area contributed by atoms with Crippen LogP contribution in [-0.2, 0) is 14.9 Å². The summed E-state index contributed by atoms with van der Waals surface area (Å²) in [5.41, 5.74) is -1.04. The van der Waals surface area contributed by atoms with Crippen LogP contribution in [0.3, 0.4) is 0 Å². The normalized spacial score (nSPS) is 12.2. The lowest BCUT2D eigenvalue weighted by molar-refractivity contribution is 0.416. The molecule has 0 spiro atoms. The van der Waals surface area contributed by atoms with E-state index in [1.807, 2.05) is 0 Å². The summed E-state index contributed by atoms with van der Waals surface area (Å²) in [6.07, 6.45) is 0. The SMILES string of the molecule is O=S(=O)(O)C(c1cc(Cl)ccc1Cl)(c1cc(Cl)ccc1Cl)c1c(O)cccc1O. The third-order valence-corrected chi connectivity index (χ3v) is 6.92. The summed E-state index contributed by atoms with van der Waals surface area (Å²) in [5.74, 6) is -1.26. The summed E-state index contributed by atoms with van der Waals surface area (Å²) in [5, 5.41) is 21.0. The summed E-state index contributed by atoms with van der Waals surface area (Å²) < 4.78 is 33.9. The minimum Gasteiger partial charge on any atom is -0.507 e. The van der Waals surface area contributed by atoms with Crippen LogP contribution >= 0.6 is 46.4 Å². The Bertz CT molecular complexity index is 1140. The summed E-state index contributed by atoms with van der Waals surface area (Å²) in [7, 11) is -5.22. The van der Waals surface area contributed by atoms with Gasteiger partial charge in [-0.25, -0.2) is 0 Å². The van der Waals surface area contributed by atoms with Gasteiger partial charge in [-0.3, -0.25) is 4.55 Å². The van der Waals surface area contributed by atoms with Gasteiger partial charge in [-0.05, 0) is 48.5 Å². The molecule has 0 heterocycles. The zero-order valence-electron chi connectivity index (χ0n) is 14.3. The van der Waals surface area contributed by atoms with Gasteiger partial charge in [0, 0.05) is 31.2 Å². The molecule has 10 heteroatoms. The second-order valence-corrected chi connectivity index (χ2v) is 9.33. The summed E-state index contributed by atoms with van der Waals surface area (Å²) in [6.45, 7) is 0. The maximum absolute atomic E-state index is 13.0. The second-order valence-electron chi connectivity index (χ2n) is 6.08. The van der Waals surface area contributed by atoms with Crippen molar-refractivity contribution in [3.8, 4) is 11.5 Å². The summed E-state index contributed by atoms with van der Waals surface area (Å²) >= 11 is 24.8. The molecule has 3 rings (SSSR count). The lowest BCUT2D eigenvalue weighted by Gasteiger charge is -2.34. The Morgan fingerprint density at radius 1 is 0.724 bits per heavy atom. The van der Waals surface area contributed by atoms with Gasteiger partial charge in [0.15, 0.2) is 4.75 Å². The monoisotopic (exact) mass is 492 g/mol. The molecule has 3 aromatic carbocycles. The third-order valence-electron chi connectivity index (χ3n) is 4.37. The maximum Gasteiger partial charge on any atom is 0.283 e. The highest BCUT2D eigenvalue weighted by atomic mass is 35.5. The van der Waals surface area contributed by atoms with E-state index in [1.165, 1.54) is 42.5 Å². The highest BCUT2D eigenvalue weighted by Gasteiger charge is 2.54. The molecule has 0 unspecified atom stereocenters. The van der Waals surface area contributed by atoms with Gasteiger partial charge in [0.05, 0.1) is 5.56 Å². The lowest BCUT2D eigenvalue weighted by atomic mass is 9.82. The van der Waals surface area contributed by atoms with E-state index >= 15 is 0 Å². The summed E-state index contributed by atoms with van der Waals surface area (Å²) in [6, 6.07) is 11.4. The van der Waals surface area contributed by atoms with Gasteiger partial charge < -0.3 is 10.2 Å². The topological polar surface area (TPSA) is 94.8 Å². The lowest BCUT2D eigenvalue weighted by Crippen LogP contribution is -2.39. The Kier molecular flexibility index (Phi) is 5.98. The fourth-order valence-corrected chi connectivity index (χ4v) is 5.58. The van der Waals surface area contributed by atoms with E-state index < -0.39 is 31.9 Å². The predicted octanol–water partition coefficient (Wildman–Crippen LogP) is 5.89. The van der Waals surface area contributed by atoms with Crippen molar-refractivity contribution in [3.05, 3.63) is 91.4 Å². The quantitative estimate of drug-likeness (QED) is 0.311. The Morgan fingerprint density at radius 2 is 1.14 bits per heavy atom. The molecule has 0 aromatic heterocycles. The van der Waals surface area contributed by atoms with Crippen molar-refractivity contribution in [3.63, 3.8) is 0 Å². The maximum atomic E-state index is 13.0. The van der Waals surface area contributed by atoms with Crippen molar-refractivity contribution in [1.29, 1.82) is 0 Å². The van der Waals surface area contributed by atoms with E-state index in [1.54, 1.807) is 0 Å². The van der Waals surface area contributed by atoms with Crippen molar-refractivity contribution in [2.24, 2.45) is 0 Å². The minimum atomic E-state index is -5.22. The van der Waals surface area contributed by atoms with Crippen molar-refractivity contribution < 1.29 is 23.2 Å². The van der Waals surface area contributed by atoms with Crippen LogP contribution < -0.4 is 0 Å². The van der Waals surface area contributed by atoms with E-state index in [0.717, 1.165) is 12.1 Å². The van der Waals surface area contributed by atoms with Crippen LogP contribution in [-0.4, -0.2) is 23.2 Å². The van der Waals surface area contributed by atoms with E-state index in [0.29, 0.717) is 0 Å². The molecule has 0 radical (unpaired) electrons. The van der Waals surface area contributed by atoms with Crippen molar-refractivity contribution >= 4 is 56.5 Å². The average molecular weight is 494 g/mol. The fraction of sp³-hybridized carbons (Fsp3) is 0.0526. The number of phenolic OH excluding ortho intramolecular Hbond substituents is 2. The van der Waals surface area contributed by atoms with E-state index in [2.05, 4.69) is 0 Å². The highest BCUT2D eigenvalue weighted by Crippen LogP contribution is 2.54. The first-order valence-electron chi connectivity index (χ1n) is 7.89. The Hall–Kier alpha value is -1.67. The molecule has 0 aliphatic carbocycles. The van der Waals surface area contributed by atoms with E-state index in [-0.39, 0.29) is 31.2 Å². The van der Waals surface area contributed by atoms with Crippen LogP contribution in [0.2, 0.25) is 20.1 Å². The first-order valence-corrected chi connectivity index (χ1v) is 10.8. The molecule has 0 fully saturated rings. The first-order chi connectivity index (χ1) is 13.5. The van der Waals surface area contributed by atoms with Crippen molar-refractivity contribution in [2.45, 2.75) is 4.75 Å². The average Bonchev–Trinajstić information content (AvgIpc) is 2.62. The van der Waals surface area contributed by atoms with Crippen molar-refractivity contribution in [2.75, 3.05) is 0 Å². The highest BCUT2D eigenvalue weighted by molar-refractivity contribution is 7.87. The van der Waals surface area contributed by atoms with Gasteiger partial charge in [-0.1, -0.05) is 52.5 Å². The molecule has 3 aromatic rings. The number of halogens is 4. The van der Waals surface area contributed by atoms with Gasteiger partial charge in [-0.2, -0.15) is 8.42 Å². The van der Waals surface area contributed by atoms with Gasteiger partial charge in [0.25, 0.3) is 10.1 Å². The molecule has 0 saturated carbocycles. The number of phenols is 2. The van der Waals surface area contributed by atoms with Gasteiger partial charge in [0.2, 0.25) is 0 Å². The van der Waals surface area contributed by atoms with Crippen molar-refractivity contribution in [1.82, 2.24) is 0 Å².